The molecule has 0 aliphatic carbocycles. The van der Waals surface area contributed by atoms with Crippen LogP contribution in [-0.2, 0) is 94.7 Å². The van der Waals surface area contributed by atoms with Gasteiger partial charge in [0.05, 0.1) is 41.8 Å². The number of fused-ring (bicyclic) bond motifs is 1. The molecule has 105 heavy (non-hydrogen) atoms. The van der Waals surface area contributed by atoms with Gasteiger partial charge in [-0.15, -0.1) is 0 Å². The van der Waals surface area contributed by atoms with Crippen LogP contribution in [0.4, 0.5) is 0 Å². The quantitative estimate of drug-likeness (QED) is 0.0289. The summed E-state index contributed by atoms with van der Waals surface area (Å²) in [6, 6.07) is 16.0. The van der Waals surface area contributed by atoms with Crippen molar-refractivity contribution in [3.05, 3.63) is 124 Å². The van der Waals surface area contributed by atoms with Gasteiger partial charge in [0, 0.05) is 112 Å². The van der Waals surface area contributed by atoms with Crippen LogP contribution in [0.2, 0.25) is 5.02 Å². The number of aliphatic hydroxyl groups excluding tert-OH is 1. The second kappa shape index (κ2) is 41.8. The van der Waals surface area contributed by atoms with Crippen molar-refractivity contribution in [2.45, 2.75) is 173 Å². The number of benzene rings is 4. The molecule has 570 valence electrons. The van der Waals surface area contributed by atoms with Crippen LogP contribution in [0.15, 0.2) is 91.0 Å². The van der Waals surface area contributed by atoms with Gasteiger partial charge in [-0.05, 0) is 115 Å². The number of nitrogens with one attached hydrogen (secondary N) is 5. The van der Waals surface area contributed by atoms with Gasteiger partial charge < -0.3 is 74.2 Å². The summed E-state index contributed by atoms with van der Waals surface area (Å²) in [6.07, 6.45) is -5.56. The molecule has 0 aromatic heterocycles. The first kappa shape index (κ1) is 85.2. The highest BCUT2D eigenvalue weighted by Crippen LogP contribution is 2.32. The van der Waals surface area contributed by atoms with E-state index in [1.807, 2.05) is 12.1 Å². The number of Topliss-reactive ketones (excluding diaryl/α,β-unsaturated/α-hetero) is 5. The fraction of sp³-hybridized carbons (Fsp3) is 0.507. The summed E-state index contributed by atoms with van der Waals surface area (Å²) in [4.78, 5) is 186. The molecule has 4 aromatic carbocycles. The molecule has 6 rings (SSSR count). The maximum atomic E-state index is 15.4. The molecule has 16 N–H and O–H groups in total. The van der Waals surface area contributed by atoms with Gasteiger partial charge in [0.2, 0.25) is 41.4 Å². The number of carboxylic acid groups (broad SMARTS) is 1. The number of aromatic hydroxyl groups is 3. The normalized spacial score (nSPS) is 20.4. The second-order valence-corrected chi connectivity index (χ2v) is 30.7. The average Bonchev–Trinajstić information content (AvgIpc) is 1.71. The van der Waals surface area contributed by atoms with E-state index in [1.165, 1.54) is 54.6 Å². The zero-order chi connectivity index (χ0) is 77.2. The number of aliphatic hydroxyl groups is 1. The number of carboxylic acids is 1. The van der Waals surface area contributed by atoms with Gasteiger partial charge in [-0.3, -0.25) is 62.3 Å². The summed E-state index contributed by atoms with van der Waals surface area (Å²) in [6.45, 7) is 6.35. The largest absolute Gasteiger partial charge is 0.508 e. The number of hydrogen-bond donors (Lipinski definition) is 13. The van der Waals surface area contributed by atoms with Crippen molar-refractivity contribution in [1.82, 2.24) is 31.5 Å². The molecule has 2 aliphatic heterocycles. The standard InChI is InChI=1S/C75H98ClN9O18S2/c1-5-42(4)69(66(94)31-48(14-21-67(79)95)70(98)80-36-47-8-6-7-46(24-47)35-77)84-74(102)52(25-43-9-16-53(86)17-10-43)32-64(92)59-39-104-105-40-60(83-72(100)49(15-22-68(96)97)30-63(91)58(78)28-44-11-18-54(87)19-12-44)75(103)85-38-56(89)34-61(85)65(93)33-51(26-45-13-20-62(90)57(76)27-45)71(99)81-37-55(88)29-50(23-41(2)3)73(101)82-59/h6-13,16-20,24,27,41-42,48-52,56,58-61,69,86-87,89-90H,5,14-15,21-23,25-26,28-40,77-78H2,1-4H3,(H2,79,95)(H,80,98)(H,81,99)(H,82,101)(H,83,100)(H,84,102)(H,96,97)/t42?,48-,49+,50-,51-,52-,56-,58+,59+,60+,61-,69+/m1/s1. The van der Waals surface area contributed by atoms with Crippen molar-refractivity contribution in [2.24, 2.45) is 58.6 Å². The molecule has 4 aromatic rings. The van der Waals surface area contributed by atoms with Gasteiger partial charge >= 0.3 is 5.97 Å². The number of nitrogens with zero attached hydrogens (tertiary/aromatic N) is 1. The number of aliphatic carboxylic acids is 1. The third kappa shape index (κ3) is 27.6. The van der Waals surface area contributed by atoms with Crippen molar-refractivity contribution < 1.29 is 87.9 Å². The lowest BCUT2D eigenvalue weighted by molar-refractivity contribution is -0.142. The average molecular weight is 1510 g/mol. The minimum Gasteiger partial charge on any atom is -0.508 e. The Morgan fingerprint density at radius 1 is 0.705 bits per heavy atom. The van der Waals surface area contributed by atoms with E-state index in [0.29, 0.717) is 23.1 Å². The molecule has 0 saturated carbocycles. The van der Waals surface area contributed by atoms with Crippen LogP contribution in [0, 0.1) is 41.4 Å². The lowest BCUT2D eigenvalue weighted by Crippen LogP contribution is -2.54. The fourth-order valence-corrected chi connectivity index (χ4v) is 15.3. The van der Waals surface area contributed by atoms with Crippen molar-refractivity contribution in [3.8, 4) is 17.2 Å². The Morgan fingerprint density at radius 2 is 1.32 bits per heavy atom. The van der Waals surface area contributed by atoms with Gasteiger partial charge in [0.15, 0.2) is 28.9 Å². The number of ketones is 5. The first-order chi connectivity index (χ1) is 49.8. The fourth-order valence-electron chi connectivity index (χ4n) is 12.7. The summed E-state index contributed by atoms with van der Waals surface area (Å²) in [5, 5.41) is 65.2. The van der Waals surface area contributed by atoms with Gasteiger partial charge in [-0.2, -0.15) is 0 Å². The Balaban J connectivity index is 1.37. The maximum Gasteiger partial charge on any atom is 0.303 e. The van der Waals surface area contributed by atoms with E-state index in [9.17, 15) is 73.5 Å². The molecular formula is C75H98ClN9O18S2. The number of halogens is 1. The number of phenols is 3. The predicted molar refractivity (Wildman–Crippen MR) is 394 cm³/mol. The molecule has 7 amide bonds. The Hall–Kier alpha value is -8.74. The first-order valence-corrected chi connectivity index (χ1v) is 38.1. The van der Waals surface area contributed by atoms with E-state index in [1.54, 1.807) is 52.0 Å². The third-order valence-corrected chi connectivity index (χ3v) is 21.6. The van der Waals surface area contributed by atoms with Crippen LogP contribution in [-0.4, -0.2) is 168 Å². The van der Waals surface area contributed by atoms with Crippen molar-refractivity contribution in [3.63, 3.8) is 0 Å². The van der Waals surface area contributed by atoms with Crippen molar-refractivity contribution in [1.29, 1.82) is 0 Å². The topological polar surface area (TPSA) is 465 Å². The molecule has 0 spiro atoms. The summed E-state index contributed by atoms with van der Waals surface area (Å²) in [5.74, 6) is -18.1. The number of hydrogen-bond acceptors (Lipinski definition) is 21. The Bertz CT molecular complexity index is 3740. The Kier molecular flexibility index (Phi) is 33.9. The van der Waals surface area contributed by atoms with E-state index in [0.717, 1.165) is 37.6 Å². The number of rotatable bonds is 33. The van der Waals surface area contributed by atoms with E-state index < -0.39 is 206 Å². The second-order valence-electron chi connectivity index (χ2n) is 27.7. The molecular weight excluding hydrogens is 1410 g/mol. The van der Waals surface area contributed by atoms with Gasteiger partial charge in [0.1, 0.15) is 23.3 Å². The number of nitrogens with two attached hydrogens (primary N) is 3. The zero-order valence-electron chi connectivity index (χ0n) is 59.4. The molecule has 27 nitrogen and oxygen atoms in total. The van der Waals surface area contributed by atoms with Crippen LogP contribution in [0.1, 0.15) is 133 Å². The van der Waals surface area contributed by atoms with Gasteiger partial charge in [0.25, 0.3) is 0 Å². The van der Waals surface area contributed by atoms with Gasteiger partial charge in [-0.1, -0.05) is 122 Å². The predicted octanol–water partition coefficient (Wildman–Crippen LogP) is 4.61. The minimum atomic E-state index is -1.63. The molecule has 2 saturated heterocycles. The van der Waals surface area contributed by atoms with Crippen molar-refractivity contribution in [2.75, 3.05) is 24.6 Å². The summed E-state index contributed by atoms with van der Waals surface area (Å²) in [7, 11) is 1.85. The molecule has 0 bridgehead atoms. The van der Waals surface area contributed by atoms with E-state index in [-0.39, 0.29) is 97.7 Å². The minimum absolute atomic E-state index is 0.0235. The summed E-state index contributed by atoms with van der Waals surface area (Å²) >= 11 is 6.27. The number of amides is 7. The Labute approximate surface area is 623 Å². The van der Waals surface area contributed by atoms with Crippen LogP contribution in [0.25, 0.3) is 0 Å². The molecule has 0 radical (unpaired) electrons. The molecule has 12 atom stereocenters. The zero-order valence-corrected chi connectivity index (χ0v) is 61.8. The van der Waals surface area contributed by atoms with Crippen LogP contribution >= 0.6 is 33.2 Å². The highest BCUT2D eigenvalue weighted by molar-refractivity contribution is 8.76. The SMILES string of the molecule is CCC(C)[C@H](NC(=O)[C@@H](CC(=O)[C@@H]1CSSC[C@H](NC(=O)[C@@H](CCC(=O)O)CC(=O)[C@@H](N)Cc2ccc(O)cc2)C(=O)N2C[C@H](O)C[C@@H]2C(=O)C[C@@H](Cc2ccc(O)c(Cl)c2)C(=O)NCC(=O)C[C@@H](CC(C)C)C(=O)N1)Cc1ccc(O)cc1)C(=O)C[C@@H](CCC(N)=O)C(=O)NCc1cccc(CN)c1. The Morgan fingerprint density at radius 3 is 1.95 bits per heavy atom. The number of carbonyl (C=O) groups is 13. The molecule has 1 unspecified atom stereocenters. The van der Waals surface area contributed by atoms with Crippen molar-refractivity contribution >= 4 is 109 Å². The smallest absolute Gasteiger partial charge is 0.303 e. The number of carbonyl (C=O) groups excluding carboxylic acids is 12. The molecule has 2 fully saturated rings. The van der Waals surface area contributed by atoms with E-state index in [2.05, 4.69) is 26.6 Å². The highest BCUT2D eigenvalue weighted by Gasteiger charge is 2.44. The van der Waals surface area contributed by atoms with Crippen LogP contribution in [0.5, 0.6) is 17.2 Å². The molecule has 30 heteroatoms. The third-order valence-electron chi connectivity index (χ3n) is 18.9. The summed E-state index contributed by atoms with van der Waals surface area (Å²) in [5.41, 5.74) is 20.7. The van der Waals surface area contributed by atoms with E-state index in [4.69, 9.17) is 28.8 Å². The molecule has 2 heterocycles. The highest BCUT2D eigenvalue weighted by atomic mass is 35.5. The molecule has 2 aliphatic rings. The van der Waals surface area contributed by atoms with Crippen LogP contribution in [0.3, 0.4) is 0 Å². The van der Waals surface area contributed by atoms with Gasteiger partial charge in [-0.25, -0.2) is 0 Å². The van der Waals surface area contributed by atoms with E-state index >= 15 is 14.4 Å². The summed E-state index contributed by atoms with van der Waals surface area (Å²) < 4.78 is 0. The lowest BCUT2D eigenvalue weighted by Gasteiger charge is -2.30. The van der Waals surface area contributed by atoms with Crippen LogP contribution < -0.4 is 43.8 Å². The lowest BCUT2D eigenvalue weighted by atomic mass is 9.86. The number of primary amides is 1. The maximum absolute atomic E-state index is 15.4. The first-order valence-electron chi connectivity index (χ1n) is 35.2. The number of phenolic OH excluding ortho intramolecular Hbond substituents is 3. The monoisotopic (exact) mass is 1510 g/mol.